The van der Waals surface area contributed by atoms with Crippen LogP contribution in [0, 0.1) is 5.41 Å². The zero-order valence-corrected chi connectivity index (χ0v) is 12.2. The SMILES string of the molecule is CNCC(C)S(=O)(=O)NC1CCCC(C)(C)C1. The fourth-order valence-corrected chi connectivity index (χ4v) is 3.83. The van der Waals surface area contributed by atoms with Crippen molar-refractivity contribution < 1.29 is 8.42 Å². The summed E-state index contributed by atoms with van der Waals surface area (Å²) in [6, 6.07) is 0.114. The molecular weight excluding hydrogens is 236 g/mol. The molecule has 0 spiro atoms. The summed E-state index contributed by atoms with van der Waals surface area (Å²) >= 11 is 0. The van der Waals surface area contributed by atoms with Crippen molar-refractivity contribution in [2.75, 3.05) is 13.6 Å². The average Bonchev–Trinajstić information content (AvgIpc) is 2.15. The highest BCUT2D eigenvalue weighted by Crippen LogP contribution is 2.35. The van der Waals surface area contributed by atoms with Crippen molar-refractivity contribution in [3.63, 3.8) is 0 Å². The Hall–Kier alpha value is -0.130. The zero-order chi connectivity index (χ0) is 13.1. The third-order valence-electron chi connectivity index (χ3n) is 3.56. The Balaban J connectivity index is 2.58. The van der Waals surface area contributed by atoms with E-state index in [-0.39, 0.29) is 16.7 Å². The minimum atomic E-state index is -3.18. The molecule has 0 amide bonds. The van der Waals surface area contributed by atoms with Crippen LogP contribution in [0.2, 0.25) is 0 Å². The Morgan fingerprint density at radius 2 is 2.06 bits per heavy atom. The maximum absolute atomic E-state index is 12.0. The largest absolute Gasteiger partial charge is 0.318 e. The van der Waals surface area contributed by atoms with Crippen LogP contribution in [-0.4, -0.2) is 33.3 Å². The Bertz CT molecular complexity index is 338. The second-order valence-corrected chi connectivity index (χ2v) is 8.12. The van der Waals surface area contributed by atoms with Gasteiger partial charge in [-0.05, 0) is 38.6 Å². The fourth-order valence-electron chi connectivity index (χ4n) is 2.54. The van der Waals surface area contributed by atoms with Crippen molar-refractivity contribution in [3.8, 4) is 0 Å². The molecule has 4 nitrogen and oxygen atoms in total. The lowest BCUT2D eigenvalue weighted by molar-refractivity contribution is 0.212. The van der Waals surface area contributed by atoms with Crippen molar-refractivity contribution in [3.05, 3.63) is 0 Å². The second-order valence-electron chi connectivity index (χ2n) is 5.99. The van der Waals surface area contributed by atoms with E-state index < -0.39 is 10.0 Å². The molecule has 102 valence electrons. The molecule has 0 aromatic rings. The van der Waals surface area contributed by atoms with Gasteiger partial charge in [0.2, 0.25) is 10.0 Å². The summed E-state index contributed by atoms with van der Waals surface area (Å²) in [4.78, 5) is 0. The van der Waals surface area contributed by atoms with Gasteiger partial charge in [0.05, 0.1) is 5.25 Å². The lowest BCUT2D eigenvalue weighted by Crippen LogP contribution is -2.46. The molecule has 1 fully saturated rings. The molecule has 2 unspecified atom stereocenters. The maximum atomic E-state index is 12.0. The van der Waals surface area contributed by atoms with Gasteiger partial charge >= 0.3 is 0 Å². The van der Waals surface area contributed by atoms with Gasteiger partial charge in [0.15, 0.2) is 0 Å². The van der Waals surface area contributed by atoms with Gasteiger partial charge in [-0.2, -0.15) is 0 Å². The van der Waals surface area contributed by atoms with Gasteiger partial charge in [0.1, 0.15) is 0 Å². The fraction of sp³-hybridized carbons (Fsp3) is 1.00. The van der Waals surface area contributed by atoms with Crippen molar-refractivity contribution in [2.45, 2.75) is 57.7 Å². The Morgan fingerprint density at radius 1 is 1.41 bits per heavy atom. The van der Waals surface area contributed by atoms with E-state index in [4.69, 9.17) is 0 Å². The lowest BCUT2D eigenvalue weighted by atomic mass is 9.75. The molecule has 0 saturated heterocycles. The molecule has 2 N–H and O–H groups in total. The quantitative estimate of drug-likeness (QED) is 0.789. The van der Waals surface area contributed by atoms with Gasteiger partial charge in [-0.15, -0.1) is 0 Å². The first-order valence-electron chi connectivity index (χ1n) is 6.42. The van der Waals surface area contributed by atoms with E-state index in [1.165, 1.54) is 6.42 Å². The molecule has 1 aliphatic carbocycles. The highest BCUT2D eigenvalue weighted by Gasteiger charge is 2.31. The molecule has 0 aromatic heterocycles. The van der Waals surface area contributed by atoms with E-state index in [2.05, 4.69) is 23.9 Å². The van der Waals surface area contributed by atoms with Crippen LogP contribution in [0.25, 0.3) is 0 Å². The summed E-state index contributed by atoms with van der Waals surface area (Å²) in [5.41, 5.74) is 0.262. The average molecular weight is 262 g/mol. The molecule has 0 aromatic carbocycles. The number of rotatable bonds is 5. The van der Waals surface area contributed by atoms with Crippen molar-refractivity contribution in [2.24, 2.45) is 5.41 Å². The van der Waals surface area contributed by atoms with Crippen LogP contribution in [-0.2, 0) is 10.0 Å². The van der Waals surface area contributed by atoms with Crippen LogP contribution < -0.4 is 10.0 Å². The summed E-state index contributed by atoms with van der Waals surface area (Å²) in [6.45, 7) is 6.66. The number of nitrogens with one attached hydrogen (secondary N) is 2. The van der Waals surface area contributed by atoms with E-state index in [1.54, 1.807) is 14.0 Å². The third kappa shape index (κ3) is 4.56. The van der Waals surface area contributed by atoms with Gasteiger partial charge < -0.3 is 5.32 Å². The zero-order valence-electron chi connectivity index (χ0n) is 11.4. The first-order chi connectivity index (χ1) is 7.77. The summed E-state index contributed by atoms with van der Waals surface area (Å²) in [5, 5.41) is 2.53. The molecule has 0 aliphatic heterocycles. The molecule has 2 atom stereocenters. The highest BCUT2D eigenvalue weighted by molar-refractivity contribution is 7.90. The summed E-state index contributed by atoms with van der Waals surface area (Å²) < 4.78 is 27.0. The van der Waals surface area contributed by atoms with Crippen molar-refractivity contribution in [1.29, 1.82) is 0 Å². The minimum absolute atomic E-state index is 0.114. The van der Waals surface area contributed by atoms with Crippen LogP contribution >= 0.6 is 0 Å². The van der Waals surface area contributed by atoms with E-state index in [9.17, 15) is 8.42 Å². The Morgan fingerprint density at radius 3 is 2.59 bits per heavy atom. The van der Waals surface area contributed by atoms with E-state index in [0.717, 1.165) is 19.3 Å². The van der Waals surface area contributed by atoms with Crippen LogP contribution in [0.1, 0.15) is 46.5 Å². The molecular formula is C12H26N2O2S. The predicted octanol–water partition coefficient (Wildman–Crippen LogP) is 1.48. The van der Waals surface area contributed by atoms with Crippen molar-refractivity contribution in [1.82, 2.24) is 10.0 Å². The second kappa shape index (κ2) is 5.67. The van der Waals surface area contributed by atoms with E-state index in [1.807, 2.05) is 0 Å². The normalized spacial score (nSPS) is 26.7. The highest BCUT2D eigenvalue weighted by atomic mass is 32.2. The van der Waals surface area contributed by atoms with Crippen LogP contribution in [0.4, 0.5) is 0 Å². The summed E-state index contributed by atoms with van der Waals surface area (Å²) in [5.74, 6) is 0. The Labute approximate surface area is 106 Å². The van der Waals surface area contributed by atoms with Gasteiger partial charge in [0, 0.05) is 12.6 Å². The molecule has 0 bridgehead atoms. The lowest BCUT2D eigenvalue weighted by Gasteiger charge is -2.35. The van der Waals surface area contributed by atoms with Crippen LogP contribution in [0.3, 0.4) is 0 Å². The topological polar surface area (TPSA) is 58.2 Å². The first-order valence-corrected chi connectivity index (χ1v) is 7.97. The number of hydrogen-bond acceptors (Lipinski definition) is 3. The van der Waals surface area contributed by atoms with Crippen LogP contribution in [0.15, 0.2) is 0 Å². The van der Waals surface area contributed by atoms with Gasteiger partial charge in [0.25, 0.3) is 0 Å². The van der Waals surface area contributed by atoms with Gasteiger partial charge in [-0.25, -0.2) is 13.1 Å². The summed E-state index contributed by atoms with van der Waals surface area (Å²) in [6.07, 6.45) is 4.21. The third-order valence-corrected chi connectivity index (χ3v) is 5.45. The van der Waals surface area contributed by atoms with Crippen molar-refractivity contribution >= 4 is 10.0 Å². The van der Waals surface area contributed by atoms with Crippen LogP contribution in [0.5, 0.6) is 0 Å². The van der Waals surface area contributed by atoms with E-state index >= 15 is 0 Å². The smallest absolute Gasteiger partial charge is 0.215 e. The van der Waals surface area contributed by atoms with Gasteiger partial charge in [-0.1, -0.05) is 20.3 Å². The molecule has 1 aliphatic rings. The first kappa shape index (κ1) is 14.9. The number of hydrogen-bond donors (Lipinski definition) is 2. The Kier molecular flexibility index (Phi) is 4.98. The van der Waals surface area contributed by atoms with Gasteiger partial charge in [-0.3, -0.25) is 0 Å². The van der Waals surface area contributed by atoms with E-state index in [0.29, 0.717) is 6.54 Å². The standard InChI is InChI=1S/C12H26N2O2S/c1-10(9-13-4)17(15,16)14-11-6-5-7-12(2,3)8-11/h10-11,13-14H,5-9H2,1-4H3. The predicted molar refractivity (Wildman–Crippen MR) is 71.5 cm³/mol. The molecule has 0 heterocycles. The molecule has 1 saturated carbocycles. The minimum Gasteiger partial charge on any atom is -0.318 e. The molecule has 17 heavy (non-hydrogen) atoms. The summed E-state index contributed by atoms with van der Waals surface area (Å²) in [7, 11) is -1.41. The number of sulfonamides is 1. The monoisotopic (exact) mass is 262 g/mol. The molecule has 1 rings (SSSR count). The molecule has 0 radical (unpaired) electrons. The molecule has 5 heteroatoms. The maximum Gasteiger partial charge on any atom is 0.215 e.